The molecule has 1 amide bonds. The van der Waals surface area contributed by atoms with Crippen molar-refractivity contribution in [2.24, 2.45) is 0 Å². The van der Waals surface area contributed by atoms with Crippen LogP contribution in [0.25, 0.3) is 5.69 Å². The molecule has 0 saturated carbocycles. The lowest BCUT2D eigenvalue weighted by atomic mass is 10.1. The maximum atomic E-state index is 12.6. The largest absolute Gasteiger partial charge is 0.491 e. The van der Waals surface area contributed by atoms with Crippen LogP contribution in [0.3, 0.4) is 0 Å². The second-order valence-corrected chi connectivity index (χ2v) is 10.3. The van der Waals surface area contributed by atoms with E-state index in [1.54, 1.807) is 28.6 Å². The minimum atomic E-state index is -0.592. The Morgan fingerprint density at radius 1 is 1.11 bits per heavy atom. The van der Waals surface area contributed by atoms with Gasteiger partial charge in [-0.05, 0) is 63.6 Å². The van der Waals surface area contributed by atoms with Crippen LogP contribution in [0.4, 0.5) is 10.6 Å². The highest BCUT2D eigenvalue weighted by atomic mass is 32.2. The van der Waals surface area contributed by atoms with Gasteiger partial charge in [-0.3, -0.25) is 5.32 Å². The summed E-state index contributed by atoms with van der Waals surface area (Å²) >= 11 is 1.68. The van der Waals surface area contributed by atoms with E-state index in [4.69, 9.17) is 24.0 Å². The van der Waals surface area contributed by atoms with Gasteiger partial charge in [0, 0.05) is 18.7 Å². The Kier molecular flexibility index (Phi) is 8.90. The van der Waals surface area contributed by atoms with Crippen LogP contribution in [0, 0.1) is 0 Å². The van der Waals surface area contributed by atoms with Crippen LogP contribution in [-0.4, -0.2) is 48.2 Å². The van der Waals surface area contributed by atoms with E-state index in [-0.39, 0.29) is 11.0 Å². The number of carbonyl (C=O) groups is 1. The third-order valence-electron chi connectivity index (χ3n) is 5.88. The Hall–Kier alpha value is -3.01. The average molecular weight is 512 g/mol. The quantitative estimate of drug-likeness (QED) is 0.334. The number of hydrogen-bond acceptors (Lipinski definition) is 7. The number of rotatable bonds is 10. The fraction of sp³-hybridized carbons (Fsp3) is 0.407. The Morgan fingerprint density at radius 3 is 2.67 bits per heavy atom. The molecule has 9 heteroatoms. The standard InChI is InChI=1S/C27H33N3O5S/c1-27(2,36-3)23-19-24(28-26(31)35-21-11-5-4-6-12-21)30(29-23)20-10-9-13-22(18-20)32-16-17-34-25-14-7-8-15-33-25/h4-6,9-13,18-19,25H,7-8,14-17H2,1-3H3,(H,28,31). The van der Waals surface area contributed by atoms with Crippen molar-refractivity contribution in [2.75, 3.05) is 31.4 Å². The molecule has 0 bridgehead atoms. The smallest absolute Gasteiger partial charge is 0.418 e. The maximum absolute atomic E-state index is 12.6. The topological polar surface area (TPSA) is 83.8 Å². The van der Waals surface area contributed by atoms with E-state index in [0.717, 1.165) is 37.3 Å². The predicted octanol–water partition coefficient (Wildman–Crippen LogP) is 6.00. The zero-order valence-electron chi connectivity index (χ0n) is 20.9. The number of hydrogen-bond donors (Lipinski definition) is 1. The minimum absolute atomic E-state index is 0.139. The van der Waals surface area contributed by atoms with Gasteiger partial charge in [0.25, 0.3) is 0 Å². The number of thioether (sulfide) groups is 1. The van der Waals surface area contributed by atoms with E-state index in [2.05, 4.69) is 19.2 Å². The first-order chi connectivity index (χ1) is 17.4. The summed E-state index contributed by atoms with van der Waals surface area (Å²) in [6, 6.07) is 18.4. The maximum Gasteiger partial charge on any atom is 0.418 e. The fourth-order valence-corrected chi connectivity index (χ4v) is 3.99. The van der Waals surface area contributed by atoms with Gasteiger partial charge in [-0.1, -0.05) is 24.3 Å². The number of ether oxygens (including phenoxy) is 4. The summed E-state index contributed by atoms with van der Waals surface area (Å²) in [5.41, 5.74) is 1.58. The van der Waals surface area contributed by atoms with Gasteiger partial charge in [0.05, 0.1) is 22.7 Å². The Balaban J connectivity index is 1.47. The first-order valence-electron chi connectivity index (χ1n) is 12.1. The first kappa shape index (κ1) is 26.1. The van der Waals surface area contributed by atoms with Crippen LogP contribution < -0.4 is 14.8 Å². The number of amides is 1. The predicted molar refractivity (Wildman–Crippen MR) is 141 cm³/mol. The van der Waals surface area contributed by atoms with Gasteiger partial charge in [-0.25, -0.2) is 9.48 Å². The summed E-state index contributed by atoms with van der Waals surface area (Å²) in [6.07, 6.45) is 4.44. The molecule has 1 N–H and O–H groups in total. The molecule has 3 aromatic rings. The number of aromatic nitrogens is 2. The van der Waals surface area contributed by atoms with Crippen molar-refractivity contribution >= 4 is 23.7 Å². The molecular weight excluding hydrogens is 478 g/mol. The lowest BCUT2D eigenvalue weighted by molar-refractivity contribution is -0.165. The second kappa shape index (κ2) is 12.3. The fourth-order valence-electron chi connectivity index (χ4n) is 3.68. The molecule has 1 saturated heterocycles. The molecule has 0 aliphatic carbocycles. The molecule has 1 aliphatic rings. The monoisotopic (exact) mass is 511 g/mol. The number of benzene rings is 2. The van der Waals surface area contributed by atoms with E-state index in [1.807, 2.05) is 54.8 Å². The molecule has 1 unspecified atom stereocenters. The lowest BCUT2D eigenvalue weighted by Crippen LogP contribution is -2.24. The summed E-state index contributed by atoms with van der Waals surface area (Å²) in [7, 11) is 0. The van der Waals surface area contributed by atoms with Gasteiger partial charge in [0.2, 0.25) is 0 Å². The van der Waals surface area contributed by atoms with E-state index in [9.17, 15) is 4.79 Å². The normalized spacial score (nSPS) is 15.9. The van der Waals surface area contributed by atoms with Gasteiger partial charge in [-0.2, -0.15) is 16.9 Å². The third kappa shape index (κ3) is 7.02. The summed E-state index contributed by atoms with van der Waals surface area (Å²) in [5, 5.41) is 7.65. The summed E-state index contributed by atoms with van der Waals surface area (Å²) in [4.78, 5) is 12.6. The molecule has 1 atom stereocenters. The second-order valence-electron chi connectivity index (χ2n) is 8.88. The molecule has 36 heavy (non-hydrogen) atoms. The zero-order chi connectivity index (χ0) is 25.4. The molecular formula is C27H33N3O5S. The van der Waals surface area contributed by atoms with Crippen LogP contribution in [0.1, 0.15) is 38.8 Å². The Bertz CT molecular complexity index is 1130. The van der Waals surface area contributed by atoms with E-state index in [0.29, 0.717) is 30.5 Å². The number of nitrogens with one attached hydrogen (secondary N) is 1. The molecule has 1 fully saturated rings. The summed E-state index contributed by atoms with van der Waals surface area (Å²) < 4.78 is 24.1. The zero-order valence-corrected chi connectivity index (χ0v) is 21.8. The highest BCUT2D eigenvalue weighted by Crippen LogP contribution is 2.35. The van der Waals surface area contributed by atoms with Crippen molar-refractivity contribution in [3.05, 3.63) is 66.4 Å². The van der Waals surface area contributed by atoms with Crippen molar-refractivity contribution in [2.45, 2.75) is 44.1 Å². The molecule has 8 nitrogen and oxygen atoms in total. The summed E-state index contributed by atoms with van der Waals surface area (Å²) in [5.74, 6) is 1.64. The Labute approximate surface area is 216 Å². The number of nitrogens with zero attached hydrogens (tertiary/aromatic N) is 2. The van der Waals surface area contributed by atoms with Crippen molar-refractivity contribution in [1.82, 2.24) is 9.78 Å². The van der Waals surface area contributed by atoms with Crippen LogP contribution in [0.5, 0.6) is 11.5 Å². The lowest BCUT2D eigenvalue weighted by Gasteiger charge is -2.22. The van der Waals surface area contributed by atoms with Gasteiger partial charge in [0.1, 0.15) is 23.9 Å². The first-order valence-corrected chi connectivity index (χ1v) is 13.3. The SMILES string of the molecule is CSC(C)(C)c1cc(NC(=O)Oc2ccccc2)n(-c2cccc(OCCOC3CCCCO3)c2)n1. The van der Waals surface area contributed by atoms with Gasteiger partial charge in [-0.15, -0.1) is 0 Å². The molecule has 1 aliphatic heterocycles. The molecule has 1 aromatic heterocycles. The number of anilines is 1. The molecule has 0 radical (unpaired) electrons. The van der Waals surface area contributed by atoms with E-state index < -0.39 is 6.09 Å². The molecule has 2 heterocycles. The molecule has 192 valence electrons. The van der Waals surface area contributed by atoms with Crippen LogP contribution >= 0.6 is 11.8 Å². The molecule has 0 spiro atoms. The highest BCUT2D eigenvalue weighted by Gasteiger charge is 2.25. The van der Waals surface area contributed by atoms with Crippen LogP contribution in [0.2, 0.25) is 0 Å². The van der Waals surface area contributed by atoms with Crippen LogP contribution in [0.15, 0.2) is 60.7 Å². The van der Waals surface area contributed by atoms with Crippen molar-refractivity contribution in [1.29, 1.82) is 0 Å². The van der Waals surface area contributed by atoms with E-state index >= 15 is 0 Å². The number of carbonyl (C=O) groups excluding carboxylic acids is 1. The Morgan fingerprint density at radius 2 is 1.92 bits per heavy atom. The minimum Gasteiger partial charge on any atom is -0.491 e. The van der Waals surface area contributed by atoms with Crippen LogP contribution in [-0.2, 0) is 14.2 Å². The average Bonchev–Trinajstić information content (AvgIpc) is 3.32. The van der Waals surface area contributed by atoms with Gasteiger partial charge in [0.15, 0.2) is 6.29 Å². The summed E-state index contributed by atoms with van der Waals surface area (Å²) in [6.45, 7) is 5.78. The van der Waals surface area contributed by atoms with Crippen molar-refractivity contribution in [3.63, 3.8) is 0 Å². The third-order valence-corrected chi connectivity index (χ3v) is 7.11. The van der Waals surface area contributed by atoms with E-state index in [1.165, 1.54) is 0 Å². The highest BCUT2D eigenvalue weighted by molar-refractivity contribution is 7.99. The number of para-hydroxylation sites is 1. The van der Waals surface area contributed by atoms with Gasteiger partial charge < -0.3 is 18.9 Å². The van der Waals surface area contributed by atoms with Crippen molar-refractivity contribution < 1.29 is 23.7 Å². The van der Waals surface area contributed by atoms with Crippen molar-refractivity contribution in [3.8, 4) is 17.2 Å². The molecule has 4 rings (SSSR count). The van der Waals surface area contributed by atoms with Gasteiger partial charge >= 0.3 is 6.09 Å². The molecule has 2 aromatic carbocycles.